The fraction of sp³-hybridized carbons (Fsp3) is 0. The highest BCUT2D eigenvalue weighted by Gasteiger charge is 2.12. The van der Waals surface area contributed by atoms with Gasteiger partial charge in [-0.3, -0.25) is 0 Å². The predicted molar refractivity (Wildman–Crippen MR) is 74.4 cm³/mol. The molecule has 5 heteroatoms. The van der Waals surface area contributed by atoms with Crippen molar-refractivity contribution in [2.75, 3.05) is 5.73 Å². The lowest BCUT2D eigenvalue weighted by molar-refractivity contribution is 0.631. The molecule has 0 saturated heterocycles. The summed E-state index contributed by atoms with van der Waals surface area (Å²) in [4.78, 5) is 4.39. The zero-order chi connectivity index (χ0) is 12.7. The molecule has 0 fully saturated rings. The van der Waals surface area contributed by atoms with Crippen molar-refractivity contribution in [1.29, 1.82) is 0 Å². The average Bonchev–Trinajstić information content (AvgIpc) is 2.75. The summed E-state index contributed by atoms with van der Waals surface area (Å²) < 4.78 is 14.8. The number of nitrogen functional groups attached to an aromatic ring is 1. The Morgan fingerprint density at radius 1 is 1.22 bits per heavy atom. The van der Waals surface area contributed by atoms with Gasteiger partial charge < -0.3 is 5.73 Å². The van der Waals surface area contributed by atoms with Crippen LogP contribution >= 0.6 is 22.9 Å². The topological polar surface area (TPSA) is 38.9 Å². The van der Waals surface area contributed by atoms with Gasteiger partial charge in [-0.2, -0.15) is 0 Å². The standard InChI is InChI=1S/C13H8ClFN2S/c14-9-3-1-2-8(12(9)15)13-17-10-5-4-7(16)6-11(10)18-13/h1-6H,16H2. The monoisotopic (exact) mass is 278 g/mol. The minimum absolute atomic E-state index is 0.103. The van der Waals surface area contributed by atoms with Crippen LogP contribution in [0.4, 0.5) is 10.1 Å². The molecule has 18 heavy (non-hydrogen) atoms. The van der Waals surface area contributed by atoms with Crippen LogP contribution in [-0.4, -0.2) is 4.98 Å². The molecule has 1 aromatic heterocycles. The minimum Gasteiger partial charge on any atom is -0.399 e. The van der Waals surface area contributed by atoms with Crippen LogP contribution in [0.5, 0.6) is 0 Å². The molecule has 1 heterocycles. The van der Waals surface area contributed by atoms with E-state index in [4.69, 9.17) is 17.3 Å². The molecule has 2 nitrogen and oxygen atoms in total. The maximum absolute atomic E-state index is 13.9. The molecule has 0 atom stereocenters. The van der Waals surface area contributed by atoms with Crippen LogP contribution in [0.15, 0.2) is 36.4 Å². The van der Waals surface area contributed by atoms with Gasteiger partial charge in [0.15, 0.2) is 5.82 Å². The molecule has 0 amide bonds. The smallest absolute Gasteiger partial charge is 0.152 e. The highest BCUT2D eigenvalue weighted by molar-refractivity contribution is 7.21. The Kier molecular flexibility index (Phi) is 2.69. The number of aromatic nitrogens is 1. The molecule has 2 N–H and O–H groups in total. The molecule has 0 spiro atoms. The Morgan fingerprint density at radius 2 is 2.06 bits per heavy atom. The number of hydrogen-bond donors (Lipinski definition) is 1. The third-order valence-electron chi connectivity index (χ3n) is 2.59. The average molecular weight is 279 g/mol. The third-order valence-corrected chi connectivity index (χ3v) is 3.94. The van der Waals surface area contributed by atoms with Crippen LogP contribution in [0.3, 0.4) is 0 Å². The number of thiazole rings is 1. The van der Waals surface area contributed by atoms with Gasteiger partial charge in [-0.15, -0.1) is 11.3 Å². The second kappa shape index (κ2) is 4.23. The Balaban J connectivity index is 2.22. The second-order valence-corrected chi connectivity index (χ2v) is 5.29. The molecule has 0 bridgehead atoms. The van der Waals surface area contributed by atoms with E-state index in [2.05, 4.69) is 4.98 Å². The fourth-order valence-electron chi connectivity index (χ4n) is 1.73. The van der Waals surface area contributed by atoms with Crippen LogP contribution in [0, 0.1) is 5.82 Å². The molecule has 0 unspecified atom stereocenters. The number of benzene rings is 2. The van der Waals surface area contributed by atoms with Crippen molar-refractivity contribution >= 4 is 38.8 Å². The number of nitrogens with two attached hydrogens (primary N) is 1. The zero-order valence-electron chi connectivity index (χ0n) is 9.15. The first kappa shape index (κ1) is 11.4. The number of fused-ring (bicyclic) bond motifs is 1. The van der Waals surface area contributed by atoms with Crippen LogP contribution in [-0.2, 0) is 0 Å². The van der Waals surface area contributed by atoms with E-state index in [1.54, 1.807) is 18.2 Å². The molecule has 0 saturated carbocycles. The molecule has 90 valence electrons. The Hall–Kier alpha value is -1.65. The van der Waals surface area contributed by atoms with Crippen molar-refractivity contribution in [2.24, 2.45) is 0 Å². The molecule has 0 aliphatic heterocycles. The molecule has 3 rings (SSSR count). The van der Waals surface area contributed by atoms with E-state index >= 15 is 0 Å². The number of anilines is 1. The van der Waals surface area contributed by atoms with E-state index in [0.717, 1.165) is 10.2 Å². The van der Waals surface area contributed by atoms with Gasteiger partial charge in [0.1, 0.15) is 5.01 Å². The number of hydrogen-bond acceptors (Lipinski definition) is 3. The van der Waals surface area contributed by atoms with Gasteiger partial charge in [0.25, 0.3) is 0 Å². The molecule has 0 aliphatic carbocycles. The molecule has 0 aliphatic rings. The van der Waals surface area contributed by atoms with Gasteiger partial charge in [0, 0.05) is 11.3 Å². The van der Waals surface area contributed by atoms with Gasteiger partial charge >= 0.3 is 0 Å². The van der Waals surface area contributed by atoms with Crippen molar-refractivity contribution in [3.63, 3.8) is 0 Å². The summed E-state index contributed by atoms with van der Waals surface area (Å²) in [6.07, 6.45) is 0. The van der Waals surface area contributed by atoms with E-state index < -0.39 is 5.82 Å². The molecule has 2 aromatic carbocycles. The molecular formula is C13H8ClFN2S. The fourth-order valence-corrected chi connectivity index (χ4v) is 2.93. The van der Waals surface area contributed by atoms with Gasteiger partial charge in [-0.25, -0.2) is 9.37 Å². The van der Waals surface area contributed by atoms with Crippen LogP contribution < -0.4 is 5.73 Å². The van der Waals surface area contributed by atoms with E-state index in [-0.39, 0.29) is 5.02 Å². The summed E-state index contributed by atoms with van der Waals surface area (Å²) in [5, 5.41) is 0.710. The lowest BCUT2D eigenvalue weighted by Crippen LogP contribution is -1.84. The minimum atomic E-state index is -0.439. The summed E-state index contributed by atoms with van der Waals surface area (Å²) in [5.74, 6) is -0.439. The predicted octanol–water partition coefficient (Wildman–Crippen LogP) is 4.34. The van der Waals surface area contributed by atoms with Gasteiger partial charge in [-0.05, 0) is 30.3 Å². The van der Waals surface area contributed by atoms with Crippen molar-refractivity contribution in [2.45, 2.75) is 0 Å². The zero-order valence-corrected chi connectivity index (χ0v) is 10.7. The number of halogens is 2. The quantitative estimate of drug-likeness (QED) is 0.673. The molecule has 0 radical (unpaired) electrons. The summed E-state index contributed by atoms with van der Waals surface area (Å²) in [6.45, 7) is 0. The summed E-state index contributed by atoms with van der Waals surface area (Å²) in [6, 6.07) is 10.3. The SMILES string of the molecule is Nc1ccc2nc(-c3cccc(Cl)c3F)sc2c1. The van der Waals surface area contributed by atoms with Crippen molar-refractivity contribution in [3.8, 4) is 10.6 Å². The largest absolute Gasteiger partial charge is 0.399 e. The van der Waals surface area contributed by atoms with Gasteiger partial charge in [0.05, 0.1) is 15.2 Å². The number of rotatable bonds is 1. The second-order valence-electron chi connectivity index (χ2n) is 3.85. The van der Waals surface area contributed by atoms with Crippen LogP contribution in [0.2, 0.25) is 5.02 Å². The highest BCUT2D eigenvalue weighted by atomic mass is 35.5. The maximum atomic E-state index is 13.9. The molecular weight excluding hydrogens is 271 g/mol. The van der Waals surface area contributed by atoms with E-state index in [9.17, 15) is 4.39 Å². The Bertz CT molecular complexity index is 739. The van der Waals surface area contributed by atoms with Crippen LogP contribution in [0.25, 0.3) is 20.8 Å². The third kappa shape index (κ3) is 1.83. The summed E-state index contributed by atoms with van der Waals surface area (Å²) in [5.41, 5.74) is 7.61. The van der Waals surface area contributed by atoms with Crippen molar-refractivity contribution in [1.82, 2.24) is 4.98 Å². The normalized spacial score (nSPS) is 11.0. The van der Waals surface area contributed by atoms with Crippen molar-refractivity contribution in [3.05, 3.63) is 47.2 Å². The Morgan fingerprint density at radius 3 is 2.89 bits per heavy atom. The first-order chi connectivity index (χ1) is 8.65. The maximum Gasteiger partial charge on any atom is 0.152 e. The first-order valence-corrected chi connectivity index (χ1v) is 6.45. The van der Waals surface area contributed by atoms with Crippen molar-refractivity contribution < 1.29 is 4.39 Å². The van der Waals surface area contributed by atoms with E-state index in [1.807, 2.05) is 12.1 Å². The van der Waals surface area contributed by atoms with Gasteiger partial charge in [0.2, 0.25) is 0 Å². The summed E-state index contributed by atoms with van der Waals surface area (Å²) >= 11 is 7.17. The highest BCUT2D eigenvalue weighted by Crippen LogP contribution is 2.34. The Labute approximate surface area is 112 Å². The number of nitrogens with zero attached hydrogens (tertiary/aromatic N) is 1. The lowest BCUT2D eigenvalue weighted by atomic mass is 10.2. The van der Waals surface area contributed by atoms with Gasteiger partial charge in [-0.1, -0.05) is 17.7 Å². The van der Waals surface area contributed by atoms with E-state index in [1.165, 1.54) is 17.4 Å². The molecule has 3 aromatic rings. The van der Waals surface area contributed by atoms with E-state index in [0.29, 0.717) is 16.3 Å². The van der Waals surface area contributed by atoms with Crippen LogP contribution in [0.1, 0.15) is 0 Å². The lowest BCUT2D eigenvalue weighted by Gasteiger charge is -1.99. The first-order valence-electron chi connectivity index (χ1n) is 5.25. The summed E-state index contributed by atoms with van der Waals surface area (Å²) in [7, 11) is 0.